The molecule has 0 amide bonds. The molecule has 0 aliphatic heterocycles. The molecule has 0 saturated carbocycles. The molecule has 2 aromatic rings. The highest BCUT2D eigenvalue weighted by molar-refractivity contribution is 6.37. The average molecular weight is 316 g/mol. The van der Waals surface area contributed by atoms with Crippen molar-refractivity contribution in [3.05, 3.63) is 62.6 Å². The Morgan fingerprint density at radius 2 is 1.63 bits per heavy atom. The number of rotatable bonds is 3. The Bertz CT molecular complexity index is 621. The van der Waals surface area contributed by atoms with Gasteiger partial charge in [-0.25, -0.2) is 0 Å². The van der Waals surface area contributed by atoms with Crippen LogP contribution in [0.2, 0.25) is 15.1 Å². The lowest BCUT2D eigenvalue weighted by Gasteiger charge is -2.08. The van der Waals surface area contributed by atoms with Gasteiger partial charge in [-0.05, 0) is 30.3 Å². The van der Waals surface area contributed by atoms with Crippen LogP contribution in [0.15, 0.2) is 36.4 Å². The highest BCUT2D eigenvalue weighted by atomic mass is 35.5. The lowest BCUT2D eigenvalue weighted by Crippen LogP contribution is -2.02. The lowest BCUT2D eigenvalue weighted by atomic mass is 10.0. The predicted molar refractivity (Wildman–Crippen MR) is 77.9 cm³/mol. The highest BCUT2D eigenvalue weighted by Gasteiger charge is 2.16. The van der Waals surface area contributed by atoms with Crippen LogP contribution in [-0.2, 0) is 0 Å². The summed E-state index contributed by atoms with van der Waals surface area (Å²) >= 11 is 17.9. The molecule has 0 bridgehead atoms. The molecule has 0 fully saturated rings. The van der Waals surface area contributed by atoms with Gasteiger partial charge in [0.1, 0.15) is 5.75 Å². The first-order chi connectivity index (χ1) is 9.02. The minimum atomic E-state index is -0.216. The average Bonchev–Trinajstić information content (AvgIpc) is 2.41. The number of halogens is 3. The van der Waals surface area contributed by atoms with Crippen LogP contribution < -0.4 is 4.74 Å². The fourth-order valence-corrected chi connectivity index (χ4v) is 2.22. The molecule has 2 aromatic carbocycles. The van der Waals surface area contributed by atoms with Gasteiger partial charge in [0.2, 0.25) is 0 Å². The second-order valence-electron chi connectivity index (χ2n) is 3.80. The zero-order valence-electron chi connectivity index (χ0n) is 9.91. The van der Waals surface area contributed by atoms with Crippen molar-refractivity contribution in [3.8, 4) is 5.75 Å². The summed E-state index contributed by atoms with van der Waals surface area (Å²) in [5.41, 5.74) is 0.822. The molecule has 0 N–H and O–H groups in total. The third-order valence-electron chi connectivity index (χ3n) is 2.59. The molecule has 0 aromatic heterocycles. The van der Waals surface area contributed by atoms with Crippen molar-refractivity contribution < 1.29 is 9.53 Å². The molecule has 0 atom stereocenters. The maximum atomic E-state index is 12.3. The quantitative estimate of drug-likeness (QED) is 0.754. The maximum Gasteiger partial charge on any atom is 0.194 e. The van der Waals surface area contributed by atoms with E-state index < -0.39 is 0 Å². The summed E-state index contributed by atoms with van der Waals surface area (Å²) in [7, 11) is 1.48. The van der Waals surface area contributed by atoms with E-state index in [0.717, 1.165) is 0 Å². The molecule has 0 aliphatic rings. The third kappa shape index (κ3) is 3.03. The van der Waals surface area contributed by atoms with Crippen molar-refractivity contribution in [1.29, 1.82) is 0 Å². The van der Waals surface area contributed by atoms with Crippen LogP contribution in [-0.4, -0.2) is 12.9 Å². The van der Waals surface area contributed by atoms with Crippen LogP contribution >= 0.6 is 34.8 Å². The molecule has 0 spiro atoms. The zero-order chi connectivity index (χ0) is 14.0. The molecule has 0 aliphatic carbocycles. The first-order valence-corrected chi connectivity index (χ1v) is 6.49. The fraction of sp³-hybridized carbons (Fsp3) is 0.0714. The Kier molecular flexibility index (Phi) is 4.35. The van der Waals surface area contributed by atoms with E-state index >= 15 is 0 Å². The molecule has 98 valence electrons. The number of methoxy groups -OCH3 is 1. The van der Waals surface area contributed by atoms with Gasteiger partial charge in [0.15, 0.2) is 5.78 Å². The number of carbonyl (C=O) groups excluding carboxylic acids is 1. The number of ketones is 1. The summed E-state index contributed by atoms with van der Waals surface area (Å²) in [5, 5.41) is 1.20. The third-order valence-corrected chi connectivity index (χ3v) is 3.45. The van der Waals surface area contributed by atoms with Crippen molar-refractivity contribution in [2.45, 2.75) is 0 Å². The van der Waals surface area contributed by atoms with Crippen LogP contribution in [0, 0.1) is 0 Å². The van der Waals surface area contributed by atoms with Gasteiger partial charge >= 0.3 is 0 Å². The van der Waals surface area contributed by atoms with Gasteiger partial charge in [-0.2, -0.15) is 0 Å². The zero-order valence-corrected chi connectivity index (χ0v) is 12.2. The van der Waals surface area contributed by atoms with Gasteiger partial charge in [0.05, 0.1) is 17.2 Å². The molecule has 2 nitrogen and oxygen atoms in total. The van der Waals surface area contributed by atoms with E-state index in [1.807, 2.05) is 0 Å². The lowest BCUT2D eigenvalue weighted by molar-refractivity contribution is 0.103. The molecule has 0 unspecified atom stereocenters. The van der Waals surface area contributed by atoms with E-state index in [1.54, 1.807) is 24.3 Å². The number of hydrogen-bond donors (Lipinski definition) is 0. The normalized spacial score (nSPS) is 10.3. The van der Waals surface area contributed by atoms with Gasteiger partial charge < -0.3 is 4.74 Å². The molecule has 19 heavy (non-hydrogen) atoms. The van der Waals surface area contributed by atoms with E-state index in [2.05, 4.69) is 0 Å². The van der Waals surface area contributed by atoms with Crippen molar-refractivity contribution in [2.75, 3.05) is 7.11 Å². The first-order valence-electron chi connectivity index (χ1n) is 5.36. The van der Waals surface area contributed by atoms with Crippen LogP contribution in [0.5, 0.6) is 5.75 Å². The van der Waals surface area contributed by atoms with Gasteiger partial charge in [0.25, 0.3) is 0 Å². The second kappa shape index (κ2) is 5.83. The van der Waals surface area contributed by atoms with Crippen LogP contribution in [0.3, 0.4) is 0 Å². The van der Waals surface area contributed by atoms with Crippen LogP contribution in [0.1, 0.15) is 15.9 Å². The molecule has 5 heteroatoms. The Morgan fingerprint density at radius 3 is 2.21 bits per heavy atom. The van der Waals surface area contributed by atoms with Crippen molar-refractivity contribution >= 4 is 40.6 Å². The Morgan fingerprint density at radius 1 is 1.00 bits per heavy atom. The van der Waals surface area contributed by atoms with Crippen molar-refractivity contribution in [3.63, 3.8) is 0 Å². The van der Waals surface area contributed by atoms with Gasteiger partial charge in [0, 0.05) is 22.2 Å². The number of carbonyl (C=O) groups is 1. The fourth-order valence-electron chi connectivity index (χ4n) is 1.62. The summed E-state index contributed by atoms with van der Waals surface area (Å²) in [5.74, 6) is 0.213. The summed E-state index contributed by atoms with van der Waals surface area (Å²) in [6, 6.07) is 9.59. The SMILES string of the molecule is COc1cc(Cl)c(C(=O)c2ccc(Cl)cc2)cc1Cl. The molecule has 0 radical (unpaired) electrons. The van der Waals surface area contributed by atoms with Gasteiger partial charge in [-0.15, -0.1) is 0 Å². The number of benzene rings is 2. The molecular formula is C14H9Cl3O2. The maximum absolute atomic E-state index is 12.3. The molecular weight excluding hydrogens is 307 g/mol. The minimum Gasteiger partial charge on any atom is -0.495 e. The largest absolute Gasteiger partial charge is 0.495 e. The highest BCUT2D eigenvalue weighted by Crippen LogP contribution is 2.32. The van der Waals surface area contributed by atoms with Gasteiger partial charge in [-0.1, -0.05) is 34.8 Å². The summed E-state index contributed by atoms with van der Waals surface area (Å²) in [6.45, 7) is 0. The topological polar surface area (TPSA) is 26.3 Å². The van der Waals surface area contributed by atoms with Crippen molar-refractivity contribution in [1.82, 2.24) is 0 Å². The predicted octanol–water partition coefficient (Wildman–Crippen LogP) is 4.89. The number of ether oxygens (including phenoxy) is 1. The van der Waals surface area contributed by atoms with Gasteiger partial charge in [-0.3, -0.25) is 4.79 Å². The van der Waals surface area contributed by atoms with Crippen molar-refractivity contribution in [2.24, 2.45) is 0 Å². The molecule has 0 heterocycles. The van der Waals surface area contributed by atoms with E-state index in [0.29, 0.717) is 31.9 Å². The Hall–Kier alpha value is -1.22. The summed E-state index contributed by atoms with van der Waals surface area (Å²) in [4.78, 5) is 12.3. The van der Waals surface area contributed by atoms with E-state index in [9.17, 15) is 4.79 Å². The summed E-state index contributed by atoms with van der Waals surface area (Å²) < 4.78 is 5.04. The number of hydrogen-bond acceptors (Lipinski definition) is 2. The van der Waals surface area contributed by atoms with E-state index in [4.69, 9.17) is 39.5 Å². The summed E-state index contributed by atoms with van der Waals surface area (Å²) in [6.07, 6.45) is 0. The second-order valence-corrected chi connectivity index (χ2v) is 5.05. The van der Waals surface area contributed by atoms with Crippen LogP contribution in [0.4, 0.5) is 0 Å². The van der Waals surface area contributed by atoms with E-state index in [1.165, 1.54) is 19.2 Å². The Labute approximate surface area is 125 Å². The minimum absolute atomic E-state index is 0.216. The standard InChI is InChI=1S/C14H9Cl3O2/c1-19-13-7-11(16)10(6-12(13)17)14(18)8-2-4-9(15)5-3-8/h2-7H,1H3. The smallest absolute Gasteiger partial charge is 0.194 e. The monoisotopic (exact) mass is 314 g/mol. The Balaban J connectivity index is 2.44. The van der Waals surface area contributed by atoms with E-state index in [-0.39, 0.29) is 5.78 Å². The molecule has 2 rings (SSSR count). The van der Waals surface area contributed by atoms with Crippen LogP contribution in [0.25, 0.3) is 0 Å². The first kappa shape index (κ1) is 14.2. The molecule has 0 saturated heterocycles.